The van der Waals surface area contributed by atoms with Crippen LogP contribution in [0.25, 0.3) is 0 Å². The number of fused-ring (bicyclic) bond motifs is 2. The number of benzene rings is 2. The lowest BCUT2D eigenvalue weighted by molar-refractivity contribution is -0.122. The van der Waals surface area contributed by atoms with Crippen molar-refractivity contribution in [1.29, 1.82) is 0 Å². The van der Waals surface area contributed by atoms with Gasteiger partial charge in [-0.2, -0.15) is 0 Å². The van der Waals surface area contributed by atoms with Crippen molar-refractivity contribution in [3.05, 3.63) is 82.0 Å². The number of nitrogens with zero attached hydrogens (tertiary/aromatic N) is 1. The number of hydrogen-bond acceptors (Lipinski definition) is 4. The van der Waals surface area contributed by atoms with E-state index in [9.17, 15) is 4.79 Å². The minimum absolute atomic E-state index is 0.0687. The number of carbonyl (C=O) groups excluding carboxylic acids is 1. The molecule has 3 aromatic rings. The zero-order valence-corrected chi connectivity index (χ0v) is 17.7. The van der Waals surface area contributed by atoms with Crippen LogP contribution in [0.1, 0.15) is 34.8 Å². The van der Waals surface area contributed by atoms with Crippen molar-refractivity contribution < 1.29 is 9.53 Å². The second-order valence-electron chi connectivity index (χ2n) is 8.15. The van der Waals surface area contributed by atoms with Crippen LogP contribution in [0.4, 0.5) is 0 Å². The third-order valence-corrected chi connectivity index (χ3v) is 7.03. The molecular formula is C25H26N2O2S. The SMILES string of the molecule is O=C(NCC1CCN(Cc2cccs2)CC1)C1c2ccccc2Oc2ccccc21. The van der Waals surface area contributed by atoms with Gasteiger partial charge in [0.05, 0.1) is 5.92 Å². The second-order valence-corrected chi connectivity index (χ2v) is 9.19. The van der Waals surface area contributed by atoms with E-state index in [0.717, 1.165) is 61.6 Å². The first-order valence-corrected chi connectivity index (χ1v) is 11.5. The van der Waals surface area contributed by atoms with Gasteiger partial charge in [0.1, 0.15) is 11.5 Å². The molecule has 0 radical (unpaired) electrons. The number of rotatable bonds is 5. The highest BCUT2D eigenvalue weighted by Crippen LogP contribution is 2.43. The van der Waals surface area contributed by atoms with Crippen molar-refractivity contribution in [1.82, 2.24) is 10.2 Å². The van der Waals surface area contributed by atoms with Crippen molar-refractivity contribution in [2.75, 3.05) is 19.6 Å². The van der Waals surface area contributed by atoms with E-state index in [-0.39, 0.29) is 11.8 Å². The fourth-order valence-electron chi connectivity index (χ4n) is 4.51. The Morgan fingerprint density at radius 1 is 0.967 bits per heavy atom. The minimum Gasteiger partial charge on any atom is -0.457 e. The molecule has 3 heterocycles. The first kappa shape index (κ1) is 19.3. The van der Waals surface area contributed by atoms with E-state index in [1.54, 1.807) is 0 Å². The molecule has 5 heteroatoms. The molecule has 0 saturated carbocycles. The van der Waals surface area contributed by atoms with Crippen LogP contribution in [0.2, 0.25) is 0 Å². The quantitative estimate of drug-likeness (QED) is 0.633. The van der Waals surface area contributed by atoms with Gasteiger partial charge in [-0.1, -0.05) is 42.5 Å². The van der Waals surface area contributed by atoms with Gasteiger partial charge in [0.2, 0.25) is 5.91 Å². The molecule has 4 nitrogen and oxygen atoms in total. The average molecular weight is 419 g/mol. The van der Waals surface area contributed by atoms with Crippen LogP contribution in [-0.4, -0.2) is 30.4 Å². The van der Waals surface area contributed by atoms with Crippen molar-refractivity contribution in [3.63, 3.8) is 0 Å². The number of thiophene rings is 1. The van der Waals surface area contributed by atoms with Gasteiger partial charge in [0.25, 0.3) is 0 Å². The Bertz CT molecular complexity index is 964. The number of likely N-dealkylation sites (tertiary alicyclic amines) is 1. The summed E-state index contributed by atoms with van der Waals surface area (Å²) in [5, 5.41) is 5.40. The molecule has 1 saturated heterocycles. The summed E-state index contributed by atoms with van der Waals surface area (Å²) in [5.41, 5.74) is 1.89. The first-order valence-electron chi connectivity index (χ1n) is 10.7. The Kier molecular flexibility index (Phi) is 5.56. The molecule has 1 amide bonds. The summed E-state index contributed by atoms with van der Waals surface area (Å²) in [6, 6.07) is 20.0. The topological polar surface area (TPSA) is 41.6 Å². The summed E-state index contributed by atoms with van der Waals surface area (Å²) >= 11 is 1.83. The summed E-state index contributed by atoms with van der Waals surface area (Å²) in [6.45, 7) is 3.99. The van der Waals surface area contributed by atoms with Gasteiger partial charge < -0.3 is 10.1 Å². The van der Waals surface area contributed by atoms with E-state index in [0.29, 0.717) is 5.92 Å². The number of para-hydroxylation sites is 2. The monoisotopic (exact) mass is 418 g/mol. The zero-order valence-electron chi connectivity index (χ0n) is 16.9. The molecule has 1 aromatic heterocycles. The number of ether oxygens (including phenoxy) is 1. The Balaban J connectivity index is 1.21. The van der Waals surface area contributed by atoms with Crippen LogP contribution in [0.3, 0.4) is 0 Å². The van der Waals surface area contributed by atoms with Crippen LogP contribution in [0.15, 0.2) is 66.0 Å². The fourth-order valence-corrected chi connectivity index (χ4v) is 5.26. The average Bonchev–Trinajstić information content (AvgIpc) is 3.30. The van der Waals surface area contributed by atoms with E-state index in [1.807, 2.05) is 59.9 Å². The van der Waals surface area contributed by atoms with Crippen molar-refractivity contribution in [3.8, 4) is 11.5 Å². The highest BCUT2D eigenvalue weighted by Gasteiger charge is 2.32. The molecule has 154 valence electrons. The Hall–Kier alpha value is -2.63. The molecule has 2 aromatic carbocycles. The van der Waals surface area contributed by atoms with Crippen LogP contribution in [-0.2, 0) is 11.3 Å². The molecule has 0 unspecified atom stereocenters. The van der Waals surface area contributed by atoms with Crippen molar-refractivity contribution in [2.45, 2.75) is 25.3 Å². The number of hydrogen-bond donors (Lipinski definition) is 1. The molecule has 0 bridgehead atoms. The lowest BCUT2D eigenvalue weighted by atomic mass is 9.87. The standard InChI is InChI=1S/C25H26N2O2S/c28-25(26-16-18-11-13-27(14-12-18)17-19-6-5-15-30-19)24-20-7-1-3-9-22(20)29-23-10-4-2-8-21(23)24/h1-10,15,18,24H,11-14,16-17H2,(H,26,28). The van der Waals surface area contributed by atoms with Gasteiger partial charge in [-0.3, -0.25) is 9.69 Å². The summed E-state index contributed by atoms with van der Waals surface area (Å²) in [6.07, 6.45) is 2.26. The fraction of sp³-hybridized carbons (Fsp3) is 0.320. The Morgan fingerprint density at radius 3 is 2.27 bits per heavy atom. The van der Waals surface area contributed by atoms with E-state index < -0.39 is 0 Å². The molecule has 0 spiro atoms. The molecule has 0 atom stereocenters. The number of nitrogens with one attached hydrogen (secondary N) is 1. The molecule has 0 aliphatic carbocycles. The Labute approximate surface area is 181 Å². The highest BCUT2D eigenvalue weighted by molar-refractivity contribution is 7.09. The molecule has 2 aliphatic heterocycles. The van der Waals surface area contributed by atoms with Gasteiger partial charge in [-0.05, 0) is 55.4 Å². The van der Waals surface area contributed by atoms with E-state index in [2.05, 4.69) is 27.7 Å². The molecule has 5 rings (SSSR count). The smallest absolute Gasteiger partial charge is 0.232 e. The maximum absolute atomic E-state index is 13.3. The zero-order chi connectivity index (χ0) is 20.3. The molecule has 30 heavy (non-hydrogen) atoms. The maximum atomic E-state index is 13.3. The maximum Gasteiger partial charge on any atom is 0.232 e. The van der Waals surface area contributed by atoms with Gasteiger partial charge in [-0.15, -0.1) is 11.3 Å². The van der Waals surface area contributed by atoms with Gasteiger partial charge in [0, 0.05) is 29.1 Å². The number of piperidine rings is 1. The first-order chi connectivity index (χ1) is 14.8. The van der Waals surface area contributed by atoms with Gasteiger partial charge >= 0.3 is 0 Å². The van der Waals surface area contributed by atoms with E-state index in [1.165, 1.54) is 4.88 Å². The Morgan fingerprint density at radius 2 is 1.63 bits per heavy atom. The predicted octanol–water partition coefficient (Wildman–Crippen LogP) is 5.01. The van der Waals surface area contributed by atoms with E-state index >= 15 is 0 Å². The lowest BCUT2D eigenvalue weighted by Gasteiger charge is -2.32. The van der Waals surface area contributed by atoms with E-state index in [4.69, 9.17) is 4.74 Å². The summed E-state index contributed by atoms with van der Waals surface area (Å²) in [5.74, 6) is 1.85. The van der Waals surface area contributed by atoms with Crippen LogP contribution in [0.5, 0.6) is 11.5 Å². The van der Waals surface area contributed by atoms with Crippen LogP contribution >= 0.6 is 11.3 Å². The normalized spacial score (nSPS) is 17.1. The number of amides is 1. The predicted molar refractivity (Wildman–Crippen MR) is 120 cm³/mol. The molecule has 2 aliphatic rings. The van der Waals surface area contributed by atoms with Crippen molar-refractivity contribution >= 4 is 17.2 Å². The van der Waals surface area contributed by atoms with Gasteiger partial charge in [-0.25, -0.2) is 0 Å². The highest BCUT2D eigenvalue weighted by atomic mass is 32.1. The third-order valence-electron chi connectivity index (χ3n) is 6.17. The molecule has 1 N–H and O–H groups in total. The van der Waals surface area contributed by atoms with Crippen LogP contribution in [0, 0.1) is 5.92 Å². The largest absolute Gasteiger partial charge is 0.457 e. The van der Waals surface area contributed by atoms with Gasteiger partial charge in [0.15, 0.2) is 0 Å². The molecular weight excluding hydrogens is 392 g/mol. The number of carbonyl (C=O) groups is 1. The van der Waals surface area contributed by atoms with Crippen molar-refractivity contribution in [2.24, 2.45) is 5.92 Å². The minimum atomic E-state index is -0.315. The summed E-state index contributed by atoms with van der Waals surface area (Å²) < 4.78 is 6.02. The lowest BCUT2D eigenvalue weighted by Crippen LogP contribution is -2.40. The molecule has 1 fully saturated rings. The van der Waals surface area contributed by atoms with Crippen LogP contribution < -0.4 is 10.1 Å². The summed E-state index contributed by atoms with van der Waals surface area (Å²) in [4.78, 5) is 17.2. The third kappa shape index (κ3) is 4.00. The summed E-state index contributed by atoms with van der Waals surface area (Å²) in [7, 11) is 0. The second kappa shape index (κ2) is 8.62.